The number of esters is 1. The van der Waals surface area contributed by atoms with Crippen LogP contribution in [-0.4, -0.2) is 68.8 Å². The van der Waals surface area contributed by atoms with E-state index in [4.69, 9.17) is 14.2 Å². The van der Waals surface area contributed by atoms with Gasteiger partial charge in [-0.15, -0.1) is 0 Å². The van der Waals surface area contributed by atoms with Gasteiger partial charge < -0.3 is 14.2 Å². The number of methoxy groups -OCH3 is 1. The standard InChI is InChI=1S/C21H24N4O6/c1-4-25-19(26)17(13-22)14(2)18(20(25)27)24-23-16-7-5-15(6-8-16)21(28)31-12-11-30-10-9-29-3/h5-8,18H,4,9-12H2,1-3H3. The summed E-state index contributed by atoms with van der Waals surface area (Å²) in [6, 6.07) is 6.94. The van der Waals surface area contributed by atoms with Crippen LogP contribution >= 0.6 is 0 Å². The summed E-state index contributed by atoms with van der Waals surface area (Å²) in [5.41, 5.74) is 0.891. The van der Waals surface area contributed by atoms with E-state index < -0.39 is 23.8 Å². The van der Waals surface area contributed by atoms with Crippen molar-refractivity contribution in [3.8, 4) is 6.07 Å². The van der Waals surface area contributed by atoms with Crippen molar-refractivity contribution in [3.05, 3.63) is 41.0 Å². The molecule has 1 heterocycles. The molecule has 1 aliphatic heterocycles. The molecule has 0 aromatic heterocycles. The van der Waals surface area contributed by atoms with E-state index in [2.05, 4.69) is 10.2 Å². The molecular formula is C21H24N4O6. The molecule has 10 heteroatoms. The molecule has 1 aromatic carbocycles. The van der Waals surface area contributed by atoms with E-state index in [0.29, 0.717) is 24.5 Å². The third-order valence-electron chi connectivity index (χ3n) is 4.48. The number of carbonyl (C=O) groups is 3. The lowest BCUT2D eigenvalue weighted by Gasteiger charge is -2.27. The fourth-order valence-electron chi connectivity index (χ4n) is 2.75. The van der Waals surface area contributed by atoms with Crippen molar-refractivity contribution < 1.29 is 28.6 Å². The number of nitriles is 1. The van der Waals surface area contributed by atoms with Crippen molar-refractivity contribution in [3.63, 3.8) is 0 Å². The predicted octanol–water partition coefficient (Wildman–Crippen LogP) is 2.19. The van der Waals surface area contributed by atoms with E-state index in [9.17, 15) is 19.6 Å². The third-order valence-corrected chi connectivity index (χ3v) is 4.48. The molecule has 0 radical (unpaired) electrons. The number of azo groups is 1. The average molecular weight is 428 g/mol. The highest BCUT2D eigenvalue weighted by Crippen LogP contribution is 2.24. The molecule has 0 saturated heterocycles. The number of hydrogen-bond donors (Lipinski definition) is 0. The smallest absolute Gasteiger partial charge is 0.338 e. The topological polar surface area (TPSA) is 131 Å². The minimum atomic E-state index is -1.05. The lowest BCUT2D eigenvalue weighted by Crippen LogP contribution is -2.47. The van der Waals surface area contributed by atoms with Gasteiger partial charge in [0.15, 0.2) is 6.04 Å². The van der Waals surface area contributed by atoms with E-state index in [1.807, 2.05) is 6.07 Å². The zero-order valence-electron chi connectivity index (χ0n) is 17.7. The first-order chi connectivity index (χ1) is 14.9. The van der Waals surface area contributed by atoms with Crippen molar-refractivity contribution in [1.82, 2.24) is 4.90 Å². The van der Waals surface area contributed by atoms with E-state index in [-0.39, 0.29) is 30.9 Å². The molecule has 0 fully saturated rings. The number of imide groups is 1. The van der Waals surface area contributed by atoms with Crippen molar-refractivity contribution in [2.24, 2.45) is 10.2 Å². The second-order valence-electron chi connectivity index (χ2n) is 6.46. The number of carbonyl (C=O) groups excluding carboxylic acids is 3. The van der Waals surface area contributed by atoms with Gasteiger partial charge in [0.25, 0.3) is 11.8 Å². The zero-order chi connectivity index (χ0) is 22.8. The predicted molar refractivity (Wildman–Crippen MR) is 108 cm³/mol. The first-order valence-electron chi connectivity index (χ1n) is 9.65. The van der Waals surface area contributed by atoms with Crippen molar-refractivity contribution in [1.29, 1.82) is 5.26 Å². The Morgan fingerprint density at radius 2 is 1.84 bits per heavy atom. The molecule has 0 N–H and O–H groups in total. The lowest BCUT2D eigenvalue weighted by molar-refractivity contribution is -0.143. The summed E-state index contributed by atoms with van der Waals surface area (Å²) in [5, 5.41) is 17.3. The summed E-state index contributed by atoms with van der Waals surface area (Å²) in [7, 11) is 1.57. The van der Waals surface area contributed by atoms with Gasteiger partial charge >= 0.3 is 5.97 Å². The maximum atomic E-state index is 12.5. The minimum absolute atomic E-state index is 0.102. The van der Waals surface area contributed by atoms with Gasteiger partial charge in [-0.2, -0.15) is 15.5 Å². The summed E-state index contributed by atoms with van der Waals surface area (Å²) in [6.07, 6.45) is 0. The first kappa shape index (κ1) is 23.9. The monoisotopic (exact) mass is 428 g/mol. The molecule has 2 rings (SSSR count). The van der Waals surface area contributed by atoms with Crippen LogP contribution in [0.3, 0.4) is 0 Å². The van der Waals surface area contributed by atoms with Crippen LogP contribution < -0.4 is 0 Å². The van der Waals surface area contributed by atoms with Gasteiger partial charge in [0.1, 0.15) is 18.2 Å². The quantitative estimate of drug-likeness (QED) is 0.242. The molecule has 0 aliphatic carbocycles. The van der Waals surface area contributed by atoms with Gasteiger partial charge in [0.2, 0.25) is 0 Å². The number of benzene rings is 1. The number of nitrogens with zero attached hydrogens (tertiary/aromatic N) is 4. The maximum Gasteiger partial charge on any atom is 0.338 e. The summed E-state index contributed by atoms with van der Waals surface area (Å²) in [6.45, 7) is 4.57. The molecule has 2 amide bonds. The largest absolute Gasteiger partial charge is 0.460 e. The molecular weight excluding hydrogens is 404 g/mol. The number of hydrogen-bond acceptors (Lipinski definition) is 9. The number of amides is 2. The SMILES string of the molecule is CCN1C(=O)C(C#N)=C(C)C(N=Nc2ccc(C(=O)OCCOCCOC)cc2)C1=O. The molecule has 1 aliphatic rings. The van der Waals surface area contributed by atoms with E-state index in [0.717, 1.165) is 4.90 Å². The van der Waals surface area contributed by atoms with E-state index >= 15 is 0 Å². The molecule has 0 spiro atoms. The third kappa shape index (κ3) is 6.04. The van der Waals surface area contributed by atoms with Gasteiger partial charge in [0.05, 0.1) is 31.1 Å². The lowest BCUT2D eigenvalue weighted by atomic mass is 9.97. The van der Waals surface area contributed by atoms with E-state index in [1.54, 1.807) is 26.2 Å². The molecule has 0 bridgehead atoms. The Morgan fingerprint density at radius 3 is 2.45 bits per heavy atom. The minimum Gasteiger partial charge on any atom is -0.460 e. The highest BCUT2D eigenvalue weighted by molar-refractivity contribution is 6.12. The van der Waals surface area contributed by atoms with Crippen molar-refractivity contribution in [2.45, 2.75) is 19.9 Å². The second-order valence-corrected chi connectivity index (χ2v) is 6.46. The summed E-state index contributed by atoms with van der Waals surface area (Å²) in [5.74, 6) is -1.65. The van der Waals surface area contributed by atoms with Gasteiger partial charge in [-0.05, 0) is 43.7 Å². The van der Waals surface area contributed by atoms with Gasteiger partial charge in [-0.3, -0.25) is 14.5 Å². The summed E-state index contributed by atoms with van der Waals surface area (Å²) in [4.78, 5) is 37.7. The fraction of sp³-hybridized carbons (Fsp3) is 0.429. The van der Waals surface area contributed by atoms with Crippen LogP contribution in [0.15, 0.2) is 45.6 Å². The van der Waals surface area contributed by atoms with Crippen LogP contribution in [0.25, 0.3) is 0 Å². The van der Waals surface area contributed by atoms with Crippen molar-refractivity contribution in [2.75, 3.05) is 40.1 Å². The number of ether oxygens (including phenoxy) is 3. The first-order valence-corrected chi connectivity index (χ1v) is 9.65. The Labute approximate surface area is 180 Å². The number of rotatable bonds is 10. The van der Waals surface area contributed by atoms with Crippen LogP contribution in [0.1, 0.15) is 24.2 Å². The average Bonchev–Trinajstić information content (AvgIpc) is 2.77. The summed E-state index contributed by atoms with van der Waals surface area (Å²) >= 11 is 0. The Hall–Kier alpha value is -3.42. The molecule has 31 heavy (non-hydrogen) atoms. The summed E-state index contributed by atoms with van der Waals surface area (Å²) < 4.78 is 15.2. The molecule has 10 nitrogen and oxygen atoms in total. The second kappa shape index (κ2) is 11.7. The molecule has 164 valence electrons. The molecule has 1 unspecified atom stereocenters. The Balaban J connectivity index is 2.01. The number of likely N-dealkylation sites (N-methyl/N-ethyl adjacent to an activating group) is 1. The highest BCUT2D eigenvalue weighted by Gasteiger charge is 2.38. The Morgan fingerprint density at radius 1 is 1.16 bits per heavy atom. The van der Waals surface area contributed by atoms with Crippen LogP contribution in [-0.2, 0) is 23.8 Å². The zero-order valence-corrected chi connectivity index (χ0v) is 17.7. The van der Waals surface area contributed by atoms with Crippen molar-refractivity contribution >= 4 is 23.5 Å². The maximum absolute atomic E-state index is 12.5. The normalized spacial score (nSPS) is 16.7. The van der Waals surface area contributed by atoms with Crippen LogP contribution in [0.4, 0.5) is 5.69 Å². The van der Waals surface area contributed by atoms with Gasteiger partial charge in [-0.1, -0.05) is 0 Å². The molecule has 0 saturated carbocycles. The van der Waals surface area contributed by atoms with Gasteiger partial charge in [0, 0.05) is 13.7 Å². The Bertz CT molecular complexity index is 917. The fourth-order valence-corrected chi connectivity index (χ4v) is 2.75. The van der Waals surface area contributed by atoms with E-state index in [1.165, 1.54) is 19.1 Å². The molecule has 1 atom stereocenters. The van der Waals surface area contributed by atoms with Crippen LogP contribution in [0.2, 0.25) is 0 Å². The Kier molecular flexibility index (Phi) is 8.99. The van der Waals surface area contributed by atoms with Crippen LogP contribution in [0, 0.1) is 11.3 Å². The molecule has 1 aromatic rings. The van der Waals surface area contributed by atoms with Gasteiger partial charge in [-0.25, -0.2) is 4.79 Å². The van der Waals surface area contributed by atoms with Crippen LogP contribution in [0.5, 0.6) is 0 Å². The highest BCUT2D eigenvalue weighted by atomic mass is 16.6.